The molecule has 3 fully saturated rings. The highest BCUT2D eigenvalue weighted by atomic mass is 16.5. The van der Waals surface area contributed by atoms with Gasteiger partial charge in [0.2, 0.25) is 0 Å². The smallest absolute Gasteiger partial charge is 0.312 e. The maximum absolute atomic E-state index is 11.8. The maximum Gasteiger partial charge on any atom is 0.312 e. The second-order valence-corrected chi connectivity index (χ2v) is 5.23. The van der Waals surface area contributed by atoms with Gasteiger partial charge < -0.3 is 9.84 Å². The average Bonchev–Trinajstić information content (AvgIpc) is 2.39. The fourth-order valence-electron chi connectivity index (χ4n) is 3.91. The third kappa shape index (κ3) is 0.800. The van der Waals surface area contributed by atoms with Crippen LogP contribution in [0.4, 0.5) is 0 Å². The Bertz CT molecular complexity index is 288. The number of carbonyl (C=O) groups is 1. The van der Waals surface area contributed by atoms with E-state index < -0.39 is 0 Å². The maximum atomic E-state index is 11.8. The van der Waals surface area contributed by atoms with Crippen LogP contribution in [0.2, 0.25) is 0 Å². The molecule has 2 saturated carbocycles. The van der Waals surface area contributed by atoms with Gasteiger partial charge in [-0.15, -0.1) is 0 Å². The zero-order chi connectivity index (χ0) is 9.92. The summed E-state index contributed by atoms with van der Waals surface area (Å²) in [4.78, 5) is 11.8. The number of cyclic esters (lactones) is 1. The van der Waals surface area contributed by atoms with Crippen LogP contribution in [-0.4, -0.2) is 23.8 Å². The van der Waals surface area contributed by atoms with Crippen molar-refractivity contribution in [2.24, 2.45) is 23.2 Å². The molecule has 3 heteroatoms. The second kappa shape index (κ2) is 2.51. The van der Waals surface area contributed by atoms with E-state index >= 15 is 0 Å². The van der Waals surface area contributed by atoms with Crippen LogP contribution in [0.1, 0.15) is 26.2 Å². The molecular formula is C11H16O3. The minimum atomic E-state index is -0.276. The molecule has 78 valence electrons. The molecule has 5 atom stereocenters. The fraction of sp³-hybridized carbons (Fsp3) is 0.909. The quantitative estimate of drug-likeness (QED) is 0.587. The van der Waals surface area contributed by atoms with Crippen molar-refractivity contribution in [3.8, 4) is 0 Å². The van der Waals surface area contributed by atoms with Crippen LogP contribution in [0.3, 0.4) is 0 Å². The lowest BCUT2D eigenvalue weighted by Gasteiger charge is -2.49. The Hall–Kier alpha value is -0.570. The number of rotatable bonds is 0. The van der Waals surface area contributed by atoms with E-state index in [9.17, 15) is 9.90 Å². The minimum Gasteiger partial charge on any atom is -0.465 e. The highest BCUT2D eigenvalue weighted by Crippen LogP contribution is 2.60. The Balaban J connectivity index is 2.05. The number of esters is 1. The fourth-order valence-corrected chi connectivity index (χ4v) is 3.91. The van der Waals surface area contributed by atoms with E-state index in [-0.39, 0.29) is 23.4 Å². The van der Waals surface area contributed by atoms with Gasteiger partial charge in [-0.3, -0.25) is 4.79 Å². The van der Waals surface area contributed by atoms with Crippen LogP contribution in [0.25, 0.3) is 0 Å². The molecule has 0 aromatic rings. The van der Waals surface area contributed by atoms with Crippen LogP contribution in [0, 0.1) is 23.2 Å². The molecule has 0 amide bonds. The number of carbonyl (C=O) groups excluding carboxylic acids is 1. The molecule has 0 radical (unpaired) electrons. The molecule has 1 heterocycles. The summed E-state index contributed by atoms with van der Waals surface area (Å²) in [5.74, 6) is 0.911. The first-order chi connectivity index (χ1) is 6.64. The zero-order valence-electron chi connectivity index (χ0n) is 8.40. The summed E-state index contributed by atoms with van der Waals surface area (Å²) >= 11 is 0. The van der Waals surface area contributed by atoms with Crippen LogP contribution in [-0.2, 0) is 9.53 Å². The van der Waals surface area contributed by atoms with E-state index in [1.807, 2.05) is 6.92 Å². The summed E-state index contributed by atoms with van der Waals surface area (Å²) in [7, 11) is 0. The third-order valence-electron chi connectivity index (χ3n) is 4.83. The van der Waals surface area contributed by atoms with Crippen LogP contribution < -0.4 is 0 Å². The largest absolute Gasteiger partial charge is 0.465 e. The van der Waals surface area contributed by atoms with Crippen molar-refractivity contribution in [2.45, 2.75) is 32.3 Å². The molecule has 3 unspecified atom stereocenters. The average molecular weight is 196 g/mol. The summed E-state index contributed by atoms with van der Waals surface area (Å²) in [5.41, 5.74) is -0.276. The molecule has 3 aliphatic rings. The lowest BCUT2D eigenvalue weighted by atomic mass is 9.60. The highest BCUT2D eigenvalue weighted by Gasteiger charge is 2.62. The second-order valence-electron chi connectivity index (χ2n) is 5.23. The Morgan fingerprint density at radius 1 is 1.50 bits per heavy atom. The van der Waals surface area contributed by atoms with Crippen LogP contribution >= 0.6 is 0 Å². The van der Waals surface area contributed by atoms with Gasteiger partial charge in [-0.25, -0.2) is 0 Å². The van der Waals surface area contributed by atoms with Gasteiger partial charge in [0.1, 0.15) is 0 Å². The van der Waals surface area contributed by atoms with Gasteiger partial charge in [-0.05, 0) is 38.0 Å². The topological polar surface area (TPSA) is 46.5 Å². The van der Waals surface area contributed by atoms with Gasteiger partial charge >= 0.3 is 5.97 Å². The molecule has 0 aromatic carbocycles. The van der Waals surface area contributed by atoms with Crippen molar-refractivity contribution in [1.82, 2.24) is 0 Å². The summed E-state index contributed by atoms with van der Waals surface area (Å²) in [6.07, 6.45) is 2.74. The predicted molar refractivity (Wildman–Crippen MR) is 49.4 cm³/mol. The van der Waals surface area contributed by atoms with E-state index in [1.165, 1.54) is 0 Å². The number of hydrogen-bond donors (Lipinski definition) is 1. The summed E-state index contributed by atoms with van der Waals surface area (Å²) in [5, 5.41) is 9.91. The molecule has 0 spiro atoms. The van der Waals surface area contributed by atoms with Gasteiger partial charge in [0.15, 0.2) is 0 Å². The summed E-state index contributed by atoms with van der Waals surface area (Å²) < 4.78 is 5.20. The molecule has 1 aliphatic heterocycles. The molecule has 2 aliphatic carbocycles. The van der Waals surface area contributed by atoms with Crippen molar-refractivity contribution in [3.05, 3.63) is 0 Å². The first kappa shape index (κ1) is 8.72. The van der Waals surface area contributed by atoms with Gasteiger partial charge in [-0.1, -0.05) is 0 Å². The van der Waals surface area contributed by atoms with E-state index in [0.717, 1.165) is 19.3 Å². The van der Waals surface area contributed by atoms with E-state index in [1.54, 1.807) is 0 Å². The minimum absolute atomic E-state index is 0.0202. The van der Waals surface area contributed by atoms with Gasteiger partial charge in [0, 0.05) is 5.92 Å². The van der Waals surface area contributed by atoms with E-state index in [2.05, 4.69) is 0 Å². The molecule has 14 heavy (non-hydrogen) atoms. The van der Waals surface area contributed by atoms with Crippen molar-refractivity contribution >= 4 is 5.97 Å². The standard InChI is InChI=1S/C11H16O3/c1-11-6-2-3-8(11)7(9(12)4-6)5-14-10(11)13/h6-9,12H,2-5H2,1H3/t6?,7-,8?,9+,11?/m1/s1. The molecule has 1 saturated heterocycles. The summed E-state index contributed by atoms with van der Waals surface area (Å²) in [6, 6.07) is 0. The Morgan fingerprint density at radius 2 is 2.29 bits per heavy atom. The molecule has 1 N–H and O–H groups in total. The normalized spacial score (nSPS) is 55.7. The lowest BCUT2D eigenvalue weighted by Crippen LogP contribution is -2.55. The summed E-state index contributed by atoms with van der Waals surface area (Å²) in [6.45, 7) is 2.47. The lowest BCUT2D eigenvalue weighted by molar-refractivity contribution is -0.190. The van der Waals surface area contributed by atoms with Gasteiger partial charge in [0.05, 0.1) is 18.1 Å². The zero-order valence-corrected chi connectivity index (χ0v) is 8.40. The number of aliphatic hydroxyl groups excluding tert-OH is 1. The SMILES string of the molecule is CC12C(=O)OC[C@@H]3C1CCC2C[C@@H]3O. The number of ether oxygens (including phenoxy) is 1. The van der Waals surface area contributed by atoms with E-state index in [0.29, 0.717) is 18.4 Å². The van der Waals surface area contributed by atoms with Crippen molar-refractivity contribution in [3.63, 3.8) is 0 Å². The highest BCUT2D eigenvalue weighted by molar-refractivity contribution is 5.79. The molecule has 0 aromatic heterocycles. The van der Waals surface area contributed by atoms with E-state index in [4.69, 9.17) is 4.74 Å². The Kier molecular flexibility index (Phi) is 1.56. The molecule has 3 rings (SSSR count). The molecule has 4 bridgehead atoms. The first-order valence-electron chi connectivity index (χ1n) is 5.49. The van der Waals surface area contributed by atoms with Crippen molar-refractivity contribution < 1.29 is 14.6 Å². The number of aliphatic hydroxyl groups is 1. The Morgan fingerprint density at radius 3 is 3.07 bits per heavy atom. The molecule has 3 nitrogen and oxygen atoms in total. The van der Waals surface area contributed by atoms with Gasteiger partial charge in [-0.2, -0.15) is 0 Å². The van der Waals surface area contributed by atoms with Gasteiger partial charge in [0.25, 0.3) is 0 Å². The van der Waals surface area contributed by atoms with Crippen LogP contribution in [0.15, 0.2) is 0 Å². The van der Waals surface area contributed by atoms with Crippen LogP contribution in [0.5, 0.6) is 0 Å². The number of hydrogen-bond acceptors (Lipinski definition) is 3. The van der Waals surface area contributed by atoms with Crippen molar-refractivity contribution in [2.75, 3.05) is 6.61 Å². The molecular weight excluding hydrogens is 180 g/mol. The predicted octanol–water partition coefficient (Wildman–Crippen LogP) is 0.956. The first-order valence-corrected chi connectivity index (χ1v) is 5.49. The third-order valence-corrected chi connectivity index (χ3v) is 4.83. The monoisotopic (exact) mass is 196 g/mol. The van der Waals surface area contributed by atoms with Crippen molar-refractivity contribution in [1.29, 1.82) is 0 Å². The Labute approximate surface area is 83.4 Å².